The van der Waals surface area contributed by atoms with Gasteiger partial charge >= 0.3 is 0 Å². The lowest BCUT2D eigenvalue weighted by atomic mass is 9.96. The first-order chi connectivity index (χ1) is 12.3. The summed E-state index contributed by atoms with van der Waals surface area (Å²) < 4.78 is 0. The molecule has 8 nitrogen and oxygen atoms in total. The summed E-state index contributed by atoms with van der Waals surface area (Å²) in [5.41, 5.74) is 2.35. The Morgan fingerprint density at radius 3 is 3.24 bits per heavy atom. The summed E-state index contributed by atoms with van der Waals surface area (Å²) in [6.45, 7) is 1.54. The molecule has 1 unspecified atom stereocenters. The van der Waals surface area contributed by atoms with E-state index in [2.05, 4.69) is 30.4 Å². The molecule has 0 aromatic carbocycles. The summed E-state index contributed by atoms with van der Waals surface area (Å²) in [5, 5.41) is 21.6. The smallest absolute Gasteiger partial charge is 0.225 e. The molecule has 4 heterocycles. The molecule has 25 heavy (non-hydrogen) atoms. The van der Waals surface area contributed by atoms with Crippen molar-refractivity contribution in [3.63, 3.8) is 0 Å². The third-order valence-electron chi connectivity index (χ3n) is 4.62. The number of aromatic nitrogens is 4. The number of piperidine rings is 1. The number of nitriles is 1. The number of hydrogen-bond acceptors (Lipinski definition) is 6. The Morgan fingerprint density at radius 2 is 2.36 bits per heavy atom. The van der Waals surface area contributed by atoms with Crippen molar-refractivity contribution in [2.24, 2.45) is 5.92 Å². The molecular weight excluding hydrogens is 318 g/mol. The van der Waals surface area contributed by atoms with Gasteiger partial charge in [-0.15, -0.1) is 10.2 Å². The molecule has 1 aliphatic heterocycles. The van der Waals surface area contributed by atoms with Crippen LogP contribution in [0, 0.1) is 17.2 Å². The van der Waals surface area contributed by atoms with E-state index in [0.29, 0.717) is 17.8 Å². The van der Waals surface area contributed by atoms with E-state index in [-0.39, 0.29) is 18.4 Å². The van der Waals surface area contributed by atoms with Gasteiger partial charge in [-0.25, -0.2) is 4.98 Å². The second-order valence-electron chi connectivity index (χ2n) is 6.13. The number of fused-ring (bicyclic) bond motifs is 3. The summed E-state index contributed by atoms with van der Waals surface area (Å²) in [7, 11) is 0. The fourth-order valence-corrected chi connectivity index (χ4v) is 3.46. The molecule has 8 heteroatoms. The summed E-state index contributed by atoms with van der Waals surface area (Å²) >= 11 is 0. The first kappa shape index (κ1) is 15.3. The van der Waals surface area contributed by atoms with Crippen molar-refractivity contribution < 1.29 is 4.79 Å². The van der Waals surface area contributed by atoms with Crippen molar-refractivity contribution in [2.75, 3.05) is 24.5 Å². The summed E-state index contributed by atoms with van der Waals surface area (Å²) in [5.74, 6) is -0.178. The highest BCUT2D eigenvalue weighted by Crippen LogP contribution is 2.32. The number of carbonyl (C=O) groups excluding carboxylic acids is 1. The molecule has 3 aromatic rings. The van der Waals surface area contributed by atoms with E-state index in [1.54, 1.807) is 6.20 Å². The van der Waals surface area contributed by atoms with Gasteiger partial charge in [0.25, 0.3) is 0 Å². The zero-order valence-electron chi connectivity index (χ0n) is 13.6. The lowest BCUT2D eigenvalue weighted by Crippen LogP contribution is -2.43. The molecule has 1 saturated heterocycles. The average molecular weight is 335 g/mol. The van der Waals surface area contributed by atoms with Gasteiger partial charge in [-0.3, -0.25) is 4.79 Å². The largest absolute Gasteiger partial charge is 0.370 e. The van der Waals surface area contributed by atoms with Crippen molar-refractivity contribution in [1.82, 2.24) is 25.5 Å². The number of amides is 1. The average Bonchev–Trinajstić information content (AvgIpc) is 3.14. The Balaban J connectivity index is 1.70. The molecule has 0 saturated carbocycles. The number of hydrogen-bond donors (Lipinski definition) is 2. The predicted molar refractivity (Wildman–Crippen MR) is 92.7 cm³/mol. The maximum absolute atomic E-state index is 12.2. The highest BCUT2D eigenvalue weighted by atomic mass is 16.1. The molecule has 1 atom stereocenters. The third-order valence-corrected chi connectivity index (χ3v) is 4.62. The van der Waals surface area contributed by atoms with Gasteiger partial charge in [0.2, 0.25) is 5.91 Å². The minimum atomic E-state index is -0.121. The molecule has 0 spiro atoms. The minimum absolute atomic E-state index is 0.0496. The molecule has 3 aromatic heterocycles. The number of pyridine rings is 1. The molecule has 0 radical (unpaired) electrons. The molecule has 126 valence electrons. The molecule has 1 aliphatic rings. The number of aromatic amines is 1. The first-order valence-corrected chi connectivity index (χ1v) is 8.26. The Kier molecular flexibility index (Phi) is 3.90. The van der Waals surface area contributed by atoms with Crippen LogP contribution in [-0.2, 0) is 4.79 Å². The van der Waals surface area contributed by atoms with Crippen molar-refractivity contribution in [3.05, 3.63) is 24.5 Å². The van der Waals surface area contributed by atoms with Crippen LogP contribution < -0.4 is 10.2 Å². The van der Waals surface area contributed by atoms with E-state index in [9.17, 15) is 4.79 Å². The van der Waals surface area contributed by atoms with E-state index >= 15 is 0 Å². The van der Waals surface area contributed by atoms with Crippen LogP contribution in [0.2, 0.25) is 0 Å². The van der Waals surface area contributed by atoms with E-state index in [1.807, 2.05) is 24.4 Å². The Hall–Kier alpha value is -3.21. The van der Waals surface area contributed by atoms with Gasteiger partial charge in [0.05, 0.1) is 17.4 Å². The van der Waals surface area contributed by atoms with Crippen molar-refractivity contribution in [1.29, 1.82) is 5.26 Å². The molecule has 4 rings (SSSR count). The van der Waals surface area contributed by atoms with Gasteiger partial charge in [-0.05, 0) is 25.0 Å². The number of nitrogens with one attached hydrogen (secondary N) is 2. The van der Waals surface area contributed by atoms with E-state index in [1.165, 1.54) is 0 Å². The Labute approximate surface area is 143 Å². The fraction of sp³-hybridized carbons (Fsp3) is 0.353. The topological polar surface area (TPSA) is 111 Å². The second-order valence-corrected chi connectivity index (χ2v) is 6.13. The van der Waals surface area contributed by atoms with Gasteiger partial charge in [0.1, 0.15) is 6.54 Å². The summed E-state index contributed by atoms with van der Waals surface area (Å²) in [6.07, 6.45) is 5.32. The molecular formula is C17H17N7O. The summed E-state index contributed by atoms with van der Waals surface area (Å²) in [4.78, 5) is 21.8. The van der Waals surface area contributed by atoms with Crippen molar-refractivity contribution in [3.8, 4) is 6.07 Å². The van der Waals surface area contributed by atoms with Gasteiger partial charge in [0.15, 0.2) is 11.3 Å². The summed E-state index contributed by atoms with van der Waals surface area (Å²) in [6, 6.07) is 5.89. The van der Waals surface area contributed by atoms with Crippen LogP contribution in [0.3, 0.4) is 0 Å². The lowest BCUT2D eigenvalue weighted by molar-refractivity contribution is -0.125. The number of H-pyrrole nitrogens is 1. The molecule has 0 aliphatic carbocycles. The third kappa shape index (κ3) is 2.74. The Morgan fingerprint density at radius 1 is 1.44 bits per heavy atom. The van der Waals surface area contributed by atoms with E-state index < -0.39 is 0 Å². The Bertz CT molecular complexity index is 974. The second kappa shape index (κ2) is 6.36. The van der Waals surface area contributed by atoms with Gasteiger partial charge in [-0.2, -0.15) is 5.26 Å². The van der Waals surface area contributed by atoms with Gasteiger partial charge < -0.3 is 15.2 Å². The number of carbonyl (C=O) groups is 1. The van der Waals surface area contributed by atoms with Crippen LogP contribution in [0.15, 0.2) is 24.5 Å². The SMILES string of the molecule is N#CCNC(=O)C1CCCN(c2cc[nH]c3nnc4nccc4c23)C1. The van der Waals surface area contributed by atoms with Crippen molar-refractivity contribution in [2.45, 2.75) is 12.8 Å². The van der Waals surface area contributed by atoms with Crippen LogP contribution >= 0.6 is 0 Å². The predicted octanol–water partition coefficient (Wildman–Crippen LogP) is 1.36. The standard InChI is InChI=1S/C17H17N7O/c18-5-8-21-17(25)11-2-1-9-24(10-11)13-4-7-20-16-14(13)12-3-6-19-15(12)22-23-16/h3-4,6-7,11H,1-2,8-10H2,(H,20,23)(H,21,25). The molecule has 0 bridgehead atoms. The van der Waals surface area contributed by atoms with Crippen LogP contribution in [0.5, 0.6) is 0 Å². The van der Waals surface area contributed by atoms with Crippen LogP contribution in [0.25, 0.3) is 22.1 Å². The maximum Gasteiger partial charge on any atom is 0.225 e. The zero-order chi connectivity index (χ0) is 17.2. The van der Waals surface area contributed by atoms with E-state index in [0.717, 1.165) is 35.8 Å². The monoisotopic (exact) mass is 335 g/mol. The quantitative estimate of drug-likeness (QED) is 0.699. The number of anilines is 1. The van der Waals surface area contributed by atoms with Gasteiger partial charge in [0, 0.05) is 36.6 Å². The highest BCUT2D eigenvalue weighted by molar-refractivity contribution is 6.08. The number of rotatable bonds is 3. The van der Waals surface area contributed by atoms with Crippen molar-refractivity contribution >= 4 is 33.7 Å². The number of nitrogens with zero attached hydrogens (tertiary/aromatic N) is 5. The van der Waals surface area contributed by atoms with Crippen LogP contribution in [-0.4, -0.2) is 45.7 Å². The van der Waals surface area contributed by atoms with Gasteiger partial charge in [-0.1, -0.05) is 0 Å². The highest BCUT2D eigenvalue weighted by Gasteiger charge is 2.27. The van der Waals surface area contributed by atoms with Crippen LogP contribution in [0.1, 0.15) is 12.8 Å². The normalized spacial score (nSPS) is 17.6. The lowest BCUT2D eigenvalue weighted by Gasteiger charge is -2.34. The molecule has 1 amide bonds. The molecule has 1 fully saturated rings. The zero-order valence-corrected chi connectivity index (χ0v) is 13.6. The molecule has 2 N–H and O–H groups in total. The maximum atomic E-state index is 12.2. The van der Waals surface area contributed by atoms with Crippen LogP contribution in [0.4, 0.5) is 5.69 Å². The minimum Gasteiger partial charge on any atom is -0.370 e. The first-order valence-electron chi connectivity index (χ1n) is 8.26. The van der Waals surface area contributed by atoms with E-state index in [4.69, 9.17) is 5.26 Å². The fourth-order valence-electron chi connectivity index (χ4n) is 3.46.